The third-order valence-electron chi connectivity index (χ3n) is 4.57. The highest BCUT2D eigenvalue weighted by molar-refractivity contribution is 5.81. The van der Waals surface area contributed by atoms with Crippen LogP contribution in [0, 0.1) is 0 Å². The van der Waals surface area contributed by atoms with Crippen LogP contribution in [0.4, 0.5) is 0 Å². The van der Waals surface area contributed by atoms with Crippen molar-refractivity contribution in [2.24, 2.45) is 0 Å². The van der Waals surface area contributed by atoms with Crippen LogP contribution in [-0.4, -0.2) is 43.2 Å². The third-order valence-corrected chi connectivity index (χ3v) is 4.57. The van der Waals surface area contributed by atoms with E-state index in [2.05, 4.69) is 12.1 Å². The lowest BCUT2D eigenvalue weighted by atomic mass is 9.92. The van der Waals surface area contributed by atoms with Crippen LogP contribution in [-0.2, 0) is 22.4 Å². The van der Waals surface area contributed by atoms with E-state index in [-0.39, 0.29) is 12.0 Å². The Balaban J connectivity index is 1.68. The molecule has 1 aromatic rings. The van der Waals surface area contributed by atoms with E-state index in [0.29, 0.717) is 32.7 Å². The van der Waals surface area contributed by atoms with Crippen molar-refractivity contribution in [1.82, 2.24) is 4.90 Å². The minimum Gasteiger partial charge on any atom is -0.481 e. The number of nitrogens with zero attached hydrogens (tertiary/aromatic N) is 1. The van der Waals surface area contributed by atoms with Gasteiger partial charge in [0, 0.05) is 13.1 Å². The lowest BCUT2D eigenvalue weighted by Gasteiger charge is -2.30. The van der Waals surface area contributed by atoms with Crippen LogP contribution in [0.5, 0.6) is 5.75 Å². The number of hydrogen-bond donors (Lipinski definition) is 0. The van der Waals surface area contributed by atoms with Crippen molar-refractivity contribution >= 4 is 5.91 Å². The van der Waals surface area contributed by atoms with Crippen LogP contribution in [0.3, 0.4) is 0 Å². The average molecular weight is 303 g/mol. The zero-order chi connectivity index (χ0) is 15.4. The maximum Gasteiger partial charge on any atom is 0.263 e. The number of rotatable bonds is 4. The first-order valence-electron chi connectivity index (χ1n) is 8.43. The Kier molecular flexibility index (Phi) is 4.98. The van der Waals surface area contributed by atoms with E-state index in [9.17, 15) is 4.79 Å². The highest BCUT2D eigenvalue weighted by Gasteiger charge is 2.26. The summed E-state index contributed by atoms with van der Waals surface area (Å²) in [6.07, 6.45) is 5.12. The fraction of sp³-hybridized carbons (Fsp3) is 0.611. The monoisotopic (exact) mass is 303 g/mol. The standard InChI is InChI=1S/C18H25NO3/c1-2-17(18(20)19-9-11-21-12-10-19)22-16-8-7-14-5-3-4-6-15(14)13-16/h7-8,13,17H,2-6,9-12H2,1H3. The molecule has 1 unspecified atom stereocenters. The number of carbonyl (C=O) groups excluding carboxylic acids is 1. The number of benzene rings is 1. The Hall–Kier alpha value is -1.55. The minimum atomic E-state index is -0.389. The van der Waals surface area contributed by atoms with Gasteiger partial charge in [-0.2, -0.15) is 0 Å². The highest BCUT2D eigenvalue weighted by atomic mass is 16.5. The highest BCUT2D eigenvalue weighted by Crippen LogP contribution is 2.26. The second kappa shape index (κ2) is 7.14. The summed E-state index contributed by atoms with van der Waals surface area (Å²) in [6, 6.07) is 6.30. The Morgan fingerprint density at radius 1 is 1.23 bits per heavy atom. The van der Waals surface area contributed by atoms with E-state index in [1.54, 1.807) is 0 Å². The molecule has 0 saturated carbocycles. The fourth-order valence-corrected chi connectivity index (χ4v) is 3.24. The zero-order valence-corrected chi connectivity index (χ0v) is 13.3. The molecular weight excluding hydrogens is 278 g/mol. The van der Waals surface area contributed by atoms with Gasteiger partial charge < -0.3 is 14.4 Å². The molecule has 2 aliphatic rings. The van der Waals surface area contributed by atoms with Gasteiger partial charge in [-0.3, -0.25) is 4.79 Å². The molecule has 0 N–H and O–H groups in total. The molecule has 1 amide bonds. The molecule has 4 heteroatoms. The van der Waals surface area contributed by atoms with Gasteiger partial charge >= 0.3 is 0 Å². The lowest BCUT2D eigenvalue weighted by molar-refractivity contribution is -0.142. The first-order valence-corrected chi connectivity index (χ1v) is 8.43. The van der Waals surface area contributed by atoms with Crippen LogP contribution in [0.15, 0.2) is 18.2 Å². The van der Waals surface area contributed by atoms with Crippen molar-refractivity contribution in [2.75, 3.05) is 26.3 Å². The maximum absolute atomic E-state index is 12.6. The molecule has 1 heterocycles. The van der Waals surface area contributed by atoms with E-state index in [1.165, 1.54) is 30.4 Å². The SMILES string of the molecule is CCC(Oc1ccc2c(c1)CCCC2)C(=O)N1CCOCC1. The van der Waals surface area contributed by atoms with Gasteiger partial charge in [0.2, 0.25) is 0 Å². The van der Waals surface area contributed by atoms with Crippen LogP contribution in [0.2, 0.25) is 0 Å². The molecule has 22 heavy (non-hydrogen) atoms. The van der Waals surface area contributed by atoms with Gasteiger partial charge in [0.25, 0.3) is 5.91 Å². The fourth-order valence-electron chi connectivity index (χ4n) is 3.24. The van der Waals surface area contributed by atoms with Crippen molar-refractivity contribution in [1.29, 1.82) is 0 Å². The first-order chi connectivity index (χ1) is 10.8. The van der Waals surface area contributed by atoms with Gasteiger partial charge in [-0.1, -0.05) is 13.0 Å². The molecule has 1 saturated heterocycles. The molecule has 1 aliphatic carbocycles. The van der Waals surface area contributed by atoms with Crippen LogP contribution < -0.4 is 4.74 Å². The van der Waals surface area contributed by atoms with E-state index in [1.807, 2.05) is 17.9 Å². The number of ether oxygens (including phenoxy) is 2. The van der Waals surface area contributed by atoms with Crippen LogP contribution in [0.25, 0.3) is 0 Å². The molecule has 0 bridgehead atoms. The molecule has 3 rings (SSSR count). The van der Waals surface area contributed by atoms with Gasteiger partial charge in [-0.05, 0) is 55.4 Å². The summed E-state index contributed by atoms with van der Waals surface area (Å²) in [5.41, 5.74) is 2.82. The predicted molar refractivity (Wildman–Crippen MR) is 85.2 cm³/mol. The van der Waals surface area contributed by atoms with Crippen molar-refractivity contribution in [2.45, 2.75) is 45.1 Å². The summed E-state index contributed by atoms with van der Waals surface area (Å²) in [6.45, 7) is 4.59. The number of aryl methyl sites for hydroxylation is 2. The van der Waals surface area contributed by atoms with E-state index >= 15 is 0 Å². The summed E-state index contributed by atoms with van der Waals surface area (Å²) >= 11 is 0. The van der Waals surface area contributed by atoms with Crippen molar-refractivity contribution in [3.8, 4) is 5.75 Å². The van der Waals surface area contributed by atoms with Gasteiger partial charge in [0.15, 0.2) is 6.10 Å². The Labute approximate surface area is 132 Å². The lowest BCUT2D eigenvalue weighted by Crippen LogP contribution is -2.47. The van der Waals surface area contributed by atoms with E-state index < -0.39 is 0 Å². The molecule has 1 atom stereocenters. The second-order valence-electron chi connectivity index (χ2n) is 6.09. The smallest absolute Gasteiger partial charge is 0.263 e. The molecule has 0 radical (unpaired) electrons. The minimum absolute atomic E-state index is 0.0866. The predicted octanol–water partition coefficient (Wildman–Crippen LogP) is 2.58. The topological polar surface area (TPSA) is 38.8 Å². The molecule has 4 nitrogen and oxygen atoms in total. The molecule has 1 aromatic carbocycles. The van der Waals surface area contributed by atoms with Crippen molar-refractivity contribution in [3.05, 3.63) is 29.3 Å². The van der Waals surface area contributed by atoms with Gasteiger partial charge in [-0.15, -0.1) is 0 Å². The summed E-state index contributed by atoms with van der Waals surface area (Å²) in [5, 5.41) is 0. The molecular formula is C18H25NO3. The van der Waals surface area contributed by atoms with Gasteiger partial charge in [0.1, 0.15) is 5.75 Å². The van der Waals surface area contributed by atoms with E-state index in [0.717, 1.165) is 12.2 Å². The Morgan fingerprint density at radius 3 is 2.68 bits per heavy atom. The van der Waals surface area contributed by atoms with Gasteiger partial charge in [0.05, 0.1) is 13.2 Å². The van der Waals surface area contributed by atoms with E-state index in [4.69, 9.17) is 9.47 Å². The Morgan fingerprint density at radius 2 is 1.95 bits per heavy atom. The van der Waals surface area contributed by atoms with Crippen molar-refractivity contribution < 1.29 is 14.3 Å². The molecule has 0 spiro atoms. The largest absolute Gasteiger partial charge is 0.481 e. The average Bonchev–Trinajstić information content (AvgIpc) is 2.59. The first kappa shape index (κ1) is 15.3. The summed E-state index contributed by atoms with van der Waals surface area (Å²) in [5.74, 6) is 0.914. The number of hydrogen-bond acceptors (Lipinski definition) is 3. The third kappa shape index (κ3) is 3.43. The summed E-state index contributed by atoms with van der Waals surface area (Å²) < 4.78 is 11.3. The molecule has 120 valence electrons. The normalized spacial score (nSPS) is 19.4. The number of amides is 1. The molecule has 0 aromatic heterocycles. The quantitative estimate of drug-likeness (QED) is 0.858. The molecule has 1 fully saturated rings. The van der Waals surface area contributed by atoms with Crippen LogP contribution in [0.1, 0.15) is 37.3 Å². The van der Waals surface area contributed by atoms with Crippen LogP contribution >= 0.6 is 0 Å². The Bertz CT molecular complexity index is 523. The second-order valence-corrected chi connectivity index (χ2v) is 6.09. The van der Waals surface area contributed by atoms with Crippen molar-refractivity contribution in [3.63, 3.8) is 0 Å². The van der Waals surface area contributed by atoms with Gasteiger partial charge in [-0.25, -0.2) is 0 Å². The number of carbonyl (C=O) groups is 1. The number of morpholine rings is 1. The molecule has 1 aliphatic heterocycles. The maximum atomic E-state index is 12.6. The summed E-state index contributed by atoms with van der Waals surface area (Å²) in [4.78, 5) is 14.4. The summed E-state index contributed by atoms with van der Waals surface area (Å²) in [7, 11) is 0. The number of fused-ring (bicyclic) bond motifs is 1. The zero-order valence-electron chi connectivity index (χ0n) is 13.3.